The number of aromatic amines is 1. The van der Waals surface area contributed by atoms with Gasteiger partial charge in [-0.25, -0.2) is 10.4 Å². The van der Waals surface area contributed by atoms with Gasteiger partial charge < -0.3 is 9.88 Å². The van der Waals surface area contributed by atoms with Crippen LogP contribution in [0.25, 0.3) is 11.0 Å². The number of piperidine rings is 1. The summed E-state index contributed by atoms with van der Waals surface area (Å²) in [6.45, 7) is 5.95. The second kappa shape index (κ2) is 7.29. The van der Waals surface area contributed by atoms with E-state index < -0.39 is 0 Å². The number of amides is 1. The summed E-state index contributed by atoms with van der Waals surface area (Å²) in [6, 6.07) is 4.18. The van der Waals surface area contributed by atoms with Crippen LogP contribution in [0.2, 0.25) is 0 Å². The van der Waals surface area contributed by atoms with Gasteiger partial charge in [0.25, 0.3) is 0 Å². The van der Waals surface area contributed by atoms with Crippen molar-refractivity contribution in [2.75, 3.05) is 13.1 Å². The first-order valence-electron chi connectivity index (χ1n) is 9.42. The molecule has 4 rings (SSSR count). The molecule has 4 heterocycles. The molecule has 7 heteroatoms. The van der Waals surface area contributed by atoms with Gasteiger partial charge >= 0.3 is 0 Å². The molecule has 140 valence electrons. The number of halogens is 1. The van der Waals surface area contributed by atoms with Gasteiger partial charge in [-0.2, -0.15) is 0 Å². The van der Waals surface area contributed by atoms with Crippen molar-refractivity contribution in [1.29, 1.82) is 0 Å². The van der Waals surface area contributed by atoms with E-state index in [0.29, 0.717) is 11.8 Å². The van der Waals surface area contributed by atoms with Crippen LogP contribution in [0.4, 0.5) is 0 Å². The van der Waals surface area contributed by atoms with E-state index in [-0.39, 0.29) is 22.8 Å². The fourth-order valence-electron chi connectivity index (χ4n) is 4.21. The minimum absolute atomic E-state index is 0.118. The number of rotatable bonds is 3. The molecule has 3 unspecified atom stereocenters. The van der Waals surface area contributed by atoms with Gasteiger partial charge in [0.15, 0.2) is 0 Å². The second-order valence-corrected chi connectivity index (χ2v) is 8.78. The number of pyridine rings is 1. The predicted molar refractivity (Wildman–Crippen MR) is 106 cm³/mol. The number of hydrazine groups is 1. The number of likely N-dealkylation sites (tertiary alicyclic amines) is 1. The highest BCUT2D eigenvalue weighted by Crippen LogP contribution is 2.33. The van der Waals surface area contributed by atoms with Crippen LogP contribution in [0.3, 0.4) is 0 Å². The molecule has 0 spiro atoms. The van der Waals surface area contributed by atoms with Crippen molar-refractivity contribution in [3.63, 3.8) is 0 Å². The number of H-pyrrole nitrogens is 1. The number of carbonyl (C=O) groups excluding carboxylic acids is 1. The van der Waals surface area contributed by atoms with E-state index in [0.717, 1.165) is 31.6 Å². The maximum atomic E-state index is 13.0. The zero-order chi connectivity index (χ0) is 18.3. The molecule has 0 aliphatic carbocycles. The standard InChI is InChI=1S/C19H26BrN5O/c1-11(2)16-15(20)17(24-23-16)19(26)25-8-5-12(6-9-25)14-10-22-18-13(14)4-3-7-21-18/h3-4,7,10-12,15-17,23-24H,5-6,8-9H2,1-2H3,(H,21,22). The molecule has 1 amide bonds. The highest BCUT2D eigenvalue weighted by atomic mass is 79.9. The van der Waals surface area contributed by atoms with Gasteiger partial charge in [-0.05, 0) is 42.4 Å². The summed E-state index contributed by atoms with van der Waals surface area (Å²) < 4.78 is 0. The van der Waals surface area contributed by atoms with E-state index in [4.69, 9.17) is 0 Å². The lowest BCUT2D eigenvalue weighted by Crippen LogP contribution is -2.50. The van der Waals surface area contributed by atoms with Crippen LogP contribution in [0.15, 0.2) is 24.5 Å². The van der Waals surface area contributed by atoms with Crippen molar-refractivity contribution in [3.05, 3.63) is 30.1 Å². The Morgan fingerprint density at radius 3 is 2.77 bits per heavy atom. The van der Waals surface area contributed by atoms with Crippen molar-refractivity contribution in [2.24, 2.45) is 5.92 Å². The fraction of sp³-hybridized carbons (Fsp3) is 0.579. The summed E-state index contributed by atoms with van der Waals surface area (Å²) in [6.07, 6.45) is 5.89. The fourth-order valence-corrected chi connectivity index (χ4v) is 5.31. The molecule has 3 atom stereocenters. The highest BCUT2D eigenvalue weighted by molar-refractivity contribution is 9.09. The van der Waals surface area contributed by atoms with E-state index in [1.807, 2.05) is 17.2 Å². The molecular weight excluding hydrogens is 394 g/mol. The minimum atomic E-state index is -0.198. The normalized spacial score (nSPS) is 27.5. The van der Waals surface area contributed by atoms with Crippen molar-refractivity contribution >= 4 is 32.9 Å². The smallest absolute Gasteiger partial charge is 0.242 e. The van der Waals surface area contributed by atoms with Crippen molar-refractivity contribution in [3.8, 4) is 0 Å². The van der Waals surface area contributed by atoms with Gasteiger partial charge in [-0.3, -0.25) is 10.2 Å². The van der Waals surface area contributed by atoms with Crippen LogP contribution in [-0.4, -0.2) is 50.8 Å². The number of hydrogen-bond donors (Lipinski definition) is 3. The van der Waals surface area contributed by atoms with Gasteiger partial charge in [-0.15, -0.1) is 0 Å². The molecule has 2 aromatic heterocycles. The minimum Gasteiger partial charge on any atom is -0.346 e. The Labute approximate surface area is 162 Å². The molecule has 2 saturated heterocycles. The van der Waals surface area contributed by atoms with Crippen molar-refractivity contribution in [1.82, 2.24) is 25.7 Å². The first kappa shape index (κ1) is 17.9. The highest BCUT2D eigenvalue weighted by Gasteiger charge is 2.42. The molecule has 0 aromatic carbocycles. The quantitative estimate of drug-likeness (QED) is 0.668. The maximum absolute atomic E-state index is 13.0. The van der Waals surface area contributed by atoms with E-state index in [2.05, 4.69) is 62.9 Å². The lowest BCUT2D eigenvalue weighted by atomic mass is 9.89. The Bertz CT molecular complexity index is 783. The lowest BCUT2D eigenvalue weighted by molar-refractivity contribution is -0.134. The average molecular weight is 420 g/mol. The van der Waals surface area contributed by atoms with Gasteiger partial charge in [0.1, 0.15) is 11.7 Å². The van der Waals surface area contributed by atoms with Crippen LogP contribution in [0, 0.1) is 5.92 Å². The number of hydrogen-bond acceptors (Lipinski definition) is 4. The molecule has 0 bridgehead atoms. The summed E-state index contributed by atoms with van der Waals surface area (Å²) in [5.41, 5.74) is 8.75. The number of nitrogens with one attached hydrogen (secondary N) is 3. The molecule has 3 N–H and O–H groups in total. The summed E-state index contributed by atoms with van der Waals surface area (Å²) in [4.78, 5) is 22.7. The molecule has 2 aromatic rings. The van der Waals surface area contributed by atoms with E-state index in [1.54, 1.807) is 0 Å². The summed E-state index contributed by atoms with van der Waals surface area (Å²) in [7, 11) is 0. The maximum Gasteiger partial charge on any atom is 0.242 e. The third kappa shape index (κ3) is 3.17. The van der Waals surface area contributed by atoms with Gasteiger partial charge in [0.2, 0.25) is 5.91 Å². The van der Waals surface area contributed by atoms with E-state index >= 15 is 0 Å². The lowest BCUT2D eigenvalue weighted by Gasteiger charge is -2.34. The SMILES string of the molecule is CC(C)C1NNC(C(=O)N2CCC(c3c[nH]c4ncccc34)CC2)C1Br. The van der Waals surface area contributed by atoms with E-state index in [9.17, 15) is 4.79 Å². The monoisotopic (exact) mass is 419 g/mol. The topological polar surface area (TPSA) is 73.0 Å². The number of alkyl halides is 1. The predicted octanol–water partition coefficient (Wildman–Crippen LogP) is 2.53. The summed E-state index contributed by atoms with van der Waals surface area (Å²) in [5, 5.41) is 1.21. The molecular formula is C19H26BrN5O. The largest absolute Gasteiger partial charge is 0.346 e. The molecule has 0 saturated carbocycles. The van der Waals surface area contributed by atoms with Crippen LogP contribution in [0.1, 0.15) is 38.2 Å². The van der Waals surface area contributed by atoms with Crippen LogP contribution in [0.5, 0.6) is 0 Å². The summed E-state index contributed by atoms with van der Waals surface area (Å²) in [5.74, 6) is 1.14. The number of carbonyl (C=O) groups is 1. The third-order valence-electron chi connectivity index (χ3n) is 5.78. The molecule has 2 fully saturated rings. The number of aromatic nitrogens is 2. The van der Waals surface area contributed by atoms with Gasteiger partial charge in [-0.1, -0.05) is 29.8 Å². The van der Waals surface area contributed by atoms with Gasteiger partial charge in [0, 0.05) is 36.9 Å². The number of fused-ring (bicyclic) bond motifs is 1. The van der Waals surface area contributed by atoms with Crippen LogP contribution in [-0.2, 0) is 4.79 Å². The van der Waals surface area contributed by atoms with Crippen LogP contribution >= 0.6 is 15.9 Å². The Morgan fingerprint density at radius 1 is 1.31 bits per heavy atom. The average Bonchev–Trinajstić information content (AvgIpc) is 3.25. The molecule has 26 heavy (non-hydrogen) atoms. The zero-order valence-electron chi connectivity index (χ0n) is 15.2. The number of nitrogens with zero attached hydrogens (tertiary/aromatic N) is 2. The Hall–Kier alpha value is -1.44. The first-order chi connectivity index (χ1) is 12.6. The zero-order valence-corrected chi connectivity index (χ0v) is 16.8. The first-order valence-corrected chi connectivity index (χ1v) is 10.3. The Balaban J connectivity index is 1.40. The molecule has 2 aliphatic heterocycles. The molecule has 2 aliphatic rings. The van der Waals surface area contributed by atoms with Crippen molar-refractivity contribution < 1.29 is 4.79 Å². The Kier molecular flexibility index (Phi) is 5.03. The third-order valence-corrected chi connectivity index (χ3v) is 6.88. The molecule has 0 radical (unpaired) electrons. The second-order valence-electron chi connectivity index (χ2n) is 7.72. The van der Waals surface area contributed by atoms with Crippen LogP contribution < -0.4 is 10.9 Å². The van der Waals surface area contributed by atoms with Gasteiger partial charge in [0.05, 0.1) is 4.83 Å². The van der Waals surface area contributed by atoms with Crippen molar-refractivity contribution in [2.45, 2.75) is 49.5 Å². The summed E-state index contributed by atoms with van der Waals surface area (Å²) >= 11 is 3.73. The molecule has 6 nitrogen and oxygen atoms in total. The van der Waals surface area contributed by atoms with E-state index in [1.165, 1.54) is 10.9 Å². The Morgan fingerprint density at radius 2 is 2.08 bits per heavy atom.